The van der Waals surface area contributed by atoms with Crippen molar-refractivity contribution < 1.29 is 22.2 Å². The van der Waals surface area contributed by atoms with E-state index in [1.807, 2.05) is 30.3 Å². The van der Waals surface area contributed by atoms with Crippen LogP contribution in [0.4, 0.5) is 0 Å². The zero-order chi connectivity index (χ0) is 17.5. The predicted molar refractivity (Wildman–Crippen MR) is 86.1 cm³/mol. The number of hydrogen-bond donors (Lipinski definition) is 1. The molecule has 0 aliphatic carbocycles. The Labute approximate surface area is 141 Å². The molecule has 2 saturated heterocycles. The number of benzene rings is 1. The molecule has 2 heterocycles. The third-order valence-corrected chi connectivity index (χ3v) is 5.14. The Hall–Kier alpha value is -1.77. The summed E-state index contributed by atoms with van der Waals surface area (Å²) in [5.41, 5.74) is -1.02. The number of imide groups is 1. The SMILES string of the molecule is C[C@@H](c1ccccc1)N1C(=O)[C@@H]2CCCN[C@@]2(OS(C)(=O)=O)C1=O. The Balaban J connectivity index is 2.02. The van der Waals surface area contributed by atoms with Crippen LogP contribution in [0.1, 0.15) is 31.4 Å². The van der Waals surface area contributed by atoms with Crippen molar-refractivity contribution in [3.05, 3.63) is 35.9 Å². The van der Waals surface area contributed by atoms with Crippen molar-refractivity contribution in [2.75, 3.05) is 12.8 Å². The number of likely N-dealkylation sites (tertiary alicyclic amines) is 1. The largest absolute Gasteiger partial charge is 0.280 e. The van der Waals surface area contributed by atoms with Gasteiger partial charge in [0.2, 0.25) is 11.6 Å². The molecule has 0 saturated carbocycles. The normalized spacial score (nSPS) is 28.8. The molecule has 2 fully saturated rings. The van der Waals surface area contributed by atoms with Gasteiger partial charge in [0.25, 0.3) is 16.0 Å². The molecule has 3 rings (SSSR count). The number of carbonyl (C=O) groups excluding carboxylic acids is 2. The van der Waals surface area contributed by atoms with Gasteiger partial charge in [-0.3, -0.25) is 19.8 Å². The molecular formula is C16H20N2O5S. The molecule has 2 amide bonds. The van der Waals surface area contributed by atoms with Gasteiger partial charge in [-0.2, -0.15) is 8.42 Å². The van der Waals surface area contributed by atoms with E-state index in [-0.39, 0.29) is 0 Å². The lowest BCUT2D eigenvalue weighted by atomic mass is 9.90. The van der Waals surface area contributed by atoms with Crippen LogP contribution in [0.2, 0.25) is 0 Å². The quantitative estimate of drug-likeness (QED) is 0.636. The lowest BCUT2D eigenvalue weighted by Crippen LogP contribution is -2.60. The van der Waals surface area contributed by atoms with E-state index in [0.29, 0.717) is 19.4 Å². The average molecular weight is 352 g/mol. The second kappa shape index (κ2) is 5.94. The van der Waals surface area contributed by atoms with Gasteiger partial charge in [-0.15, -0.1) is 0 Å². The first-order valence-electron chi connectivity index (χ1n) is 7.84. The van der Waals surface area contributed by atoms with Gasteiger partial charge in [-0.05, 0) is 31.9 Å². The van der Waals surface area contributed by atoms with Crippen molar-refractivity contribution in [3.63, 3.8) is 0 Å². The van der Waals surface area contributed by atoms with Crippen molar-refractivity contribution in [1.29, 1.82) is 0 Å². The summed E-state index contributed by atoms with van der Waals surface area (Å²) in [5.74, 6) is -1.87. The van der Waals surface area contributed by atoms with E-state index in [0.717, 1.165) is 16.7 Å². The molecule has 3 atom stereocenters. The third kappa shape index (κ3) is 2.74. The van der Waals surface area contributed by atoms with Gasteiger partial charge in [0.1, 0.15) is 0 Å². The Morgan fingerprint density at radius 2 is 1.96 bits per heavy atom. The summed E-state index contributed by atoms with van der Waals surface area (Å²) in [4.78, 5) is 27.0. The van der Waals surface area contributed by atoms with Gasteiger partial charge in [0.05, 0.1) is 18.2 Å². The predicted octanol–water partition coefficient (Wildman–Crippen LogP) is 0.788. The zero-order valence-corrected chi connectivity index (χ0v) is 14.4. The van der Waals surface area contributed by atoms with E-state index in [2.05, 4.69) is 5.32 Å². The molecule has 0 aromatic heterocycles. The highest BCUT2D eigenvalue weighted by molar-refractivity contribution is 7.86. The van der Waals surface area contributed by atoms with Crippen molar-refractivity contribution >= 4 is 21.9 Å². The zero-order valence-electron chi connectivity index (χ0n) is 13.6. The molecule has 1 aromatic carbocycles. The molecule has 0 unspecified atom stereocenters. The van der Waals surface area contributed by atoms with Gasteiger partial charge in [0.15, 0.2) is 0 Å². The number of hydrogen-bond acceptors (Lipinski definition) is 6. The van der Waals surface area contributed by atoms with Crippen LogP contribution in [0.25, 0.3) is 0 Å². The van der Waals surface area contributed by atoms with Gasteiger partial charge in [-0.1, -0.05) is 30.3 Å². The van der Waals surface area contributed by atoms with Crippen LogP contribution in [0, 0.1) is 5.92 Å². The molecule has 2 aliphatic heterocycles. The first-order chi connectivity index (χ1) is 11.3. The minimum Gasteiger partial charge on any atom is -0.280 e. The van der Waals surface area contributed by atoms with Gasteiger partial charge < -0.3 is 0 Å². The fraction of sp³-hybridized carbons (Fsp3) is 0.500. The van der Waals surface area contributed by atoms with Gasteiger partial charge in [0, 0.05) is 0 Å². The smallest absolute Gasteiger partial charge is 0.279 e. The van der Waals surface area contributed by atoms with Crippen LogP contribution < -0.4 is 5.32 Å². The minimum absolute atomic E-state index is 0.396. The van der Waals surface area contributed by atoms with Gasteiger partial charge >= 0.3 is 0 Å². The number of nitrogens with one attached hydrogen (secondary N) is 1. The number of piperidine rings is 1. The summed E-state index contributed by atoms with van der Waals surface area (Å²) in [6.45, 7) is 2.16. The maximum absolute atomic E-state index is 13.0. The van der Waals surface area contributed by atoms with Crippen LogP contribution in [0.5, 0.6) is 0 Å². The number of nitrogens with zero attached hydrogens (tertiary/aromatic N) is 1. The maximum atomic E-state index is 13.0. The highest BCUT2D eigenvalue weighted by Gasteiger charge is 2.64. The van der Waals surface area contributed by atoms with Crippen molar-refractivity contribution in [2.45, 2.75) is 31.5 Å². The fourth-order valence-electron chi connectivity index (χ4n) is 3.48. The van der Waals surface area contributed by atoms with E-state index >= 15 is 0 Å². The van der Waals surface area contributed by atoms with E-state index in [1.165, 1.54) is 0 Å². The molecule has 7 nitrogen and oxygen atoms in total. The Morgan fingerprint density at radius 1 is 1.29 bits per heavy atom. The molecule has 2 aliphatic rings. The Bertz CT molecular complexity index is 764. The van der Waals surface area contributed by atoms with E-state index in [9.17, 15) is 18.0 Å². The van der Waals surface area contributed by atoms with E-state index < -0.39 is 39.6 Å². The Kier molecular flexibility index (Phi) is 4.23. The molecule has 0 radical (unpaired) electrons. The van der Waals surface area contributed by atoms with Crippen molar-refractivity contribution in [2.24, 2.45) is 5.92 Å². The summed E-state index contributed by atoms with van der Waals surface area (Å²) in [5, 5.41) is 2.85. The minimum atomic E-state index is -3.92. The van der Waals surface area contributed by atoms with Crippen LogP contribution in [-0.2, 0) is 23.9 Å². The number of amides is 2. The lowest BCUT2D eigenvalue weighted by Gasteiger charge is -2.34. The molecule has 1 N–H and O–H groups in total. The lowest BCUT2D eigenvalue weighted by molar-refractivity contribution is -0.149. The molecular weight excluding hydrogens is 332 g/mol. The molecule has 1 aromatic rings. The first-order valence-corrected chi connectivity index (χ1v) is 9.66. The molecule has 0 bridgehead atoms. The van der Waals surface area contributed by atoms with Gasteiger partial charge in [-0.25, -0.2) is 4.18 Å². The second-order valence-electron chi connectivity index (χ2n) is 6.24. The molecule has 8 heteroatoms. The second-order valence-corrected chi connectivity index (χ2v) is 7.82. The standard InChI is InChI=1S/C16H20N2O5S/c1-11(12-7-4-3-5-8-12)18-14(19)13-9-6-10-17-16(13,15(18)20)23-24(2,21)22/h3-5,7-8,11,13,17H,6,9-10H2,1-2H3/t11-,13-,16-/m0/s1. The maximum Gasteiger partial charge on any atom is 0.279 e. The molecule has 130 valence electrons. The summed E-state index contributed by atoms with van der Waals surface area (Å²) >= 11 is 0. The topological polar surface area (TPSA) is 92.8 Å². The first kappa shape index (κ1) is 17.1. The molecule has 0 spiro atoms. The highest BCUT2D eigenvalue weighted by atomic mass is 32.2. The van der Waals surface area contributed by atoms with Crippen LogP contribution in [-0.4, -0.2) is 43.7 Å². The fourth-order valence-corrected chi connectivity index (χ4v) is 4.21. The van der Waals surface area contributed by atoms with Crippen LogP contribution in [0.15, 0.2) is 30.3 Å². The third-order valence-electron chi connectivity index (χ3n) is 4.57. The average Bonchev–Trinajstić information content (AvgIpc) is 2.74. The number of rotatable bonds is 4. The monoisotopic (exact) mass is 352 g/mol. The highest BCUT2D eigenvalue weighted by Crippen LogP contribution is 2.41. The summed E-state index contributed by atoms with van der Waals surface area (Å²) in [6, 6.07) is 8.64. The number of carbonyl (C=O) groups is 2. The Morgan fingerprint density at radius 3 is 2.58 bits per heavy atom. The number of fused-ring (bicyclic) bond motifs is 1. The summed E-state index contributed by atoms with van der Waals surface area (Å²) in [6.07, 6.45) is 1.97. The van der Waals surface area contributed by atoms with Crippen LogP contribution >= 0.6 is 0 Å². The van der Waals surface area contributed by atoms with Crippen molar-refractivity contribution in [3.8, 4) is 0 Å². The van der Waals surface area contributed by atoms with E-state index in [1.54, 1.807) is 6.92 Å². The van der Waals surface area contributed by atoms with Crippen molar-refractivity contribution in [1.82, 2.24) is 10.2 Å². The summed E-state index contributed by atoms with van der Waals surface area (Å²) in [7, 11) is -3.92. The van der Waals surface area contributed by atoms with Crippen LogP contribution in [0.3, 0.4) is 0 Å². The molecule has 24 heavy (non-hydrogen) atoms. The van der Waals surface area contributed by atoms with E-state index in [4.69, 9.17) is 4.18 Å². The summed E-state index contributed by atoms with van der Waals surface area (Å²) < 4.78 is 28.5.